The molecule has 0 amide bonds. The summed E-state index contributed by atoms with van der Waals surface area (Å²) in [5.41, 5.74) is 0. The number of hydrogen-bond acceptors (Lipinski definition) is 6. The van der Waals surface area contributed by atoms with Gasteiger partial charge in [0.15, 0.2) is 6.29 Å². The van der Waals surface area contributed by atoms with E-state index < -0.39 is 24.8 Å². The van der Waals surface area contributed by atoms with E-state index in [1.165, 1.54) is 0 Å². The molecule has 0 bridgehead atoms. The summed E-state index contributed by atoms with van der Waals surface area (Å²) in [6.07, 6.45) is -2.93. The molecule has 7 nitrogen and oxygen atoms in total. The van der Waals surface area contributed by atoms with E-state index in [1.807, 2.05) is 0 Å². The number of ether oxygens (including phenoxy) is 2. The Bertz CT molecular complexity index is 179. The topological polar surface area (TPSA) is 116 Å². The molecular weight excluding hydrogens is 196 g/mol. The van der Waals surface area contributed by atoms with Crippen LogP contribution in [0.15, 0.2) is 0 Å². The first kappa shape index (κ1) is 13.1. The van der Waals surface area contributed by atoms with E-state index in [4.69, 9.17) is 20.4 Å². The lowest BCUT2D eigenvalue weighted by molar-refractivity contribution is -0.321. The van der Waals surface area contributed by atoms with Crippen molar-refractivity contribution in [2.75, 3.05) is 6.61 Å². The SMILES string of the molecule is CCC(O)OCCC(O)(O)OC(=O)O. The Morgan fingerprint density at radius 3 is 2.50 bits per heavy atom. The molecule has 0 aliphatic rings. The smallest absolute Gasteiger partial charge is 0.450 e. The van der Waals surface area contributed by atoms with Crippen molar-refractivity contribution in [2.45, 2.75) is 32.0 Å². The number of carboxylic acid groups (broad SMARTS) is 1. The van der Waals surface area contributed by atoms with Crippen LogP contribution in [0.5, 0.6) is 0 Å². The number of aliphatic hydroxyl groups is 3. The van der Waals surface area contributed by atoms with Crippen molar-refractivity contribution < 1.29 is 34.7 Å². The summed E-state index contributed by atoms with van der Waals surface area (Å²) in [4.78, 5) is 9.94. The van der Waals surface area contributed by atoms with E-state index in [0.29, 0.717) is 6.42 Å². The van der Waals surface area contributed by atoms with Crippen molar-refractivity contribution in [1.82, 2.24) is 0 Å². The Kier molecular flexibility index (Phi) is 5.39. The molecule has 0 aromatic carbocycles. The van der Waals surface area contributed by atoms with Crippen molar-refractivity contribution in [2.24, 2.45) is 0 Å². The molecule has 7 heteroatoms. The molecule has 0 aliphatic carbocycles. The fourth-order valence-corrected chi connectivity index (χ4v) is 0.637. The zero-order chi connectivity index (χ0) is 11.2. The first-order valence-corrected chi connectivity index (χ1v) is 4.03. The maximum Gasteiger partial charge on any atom is 0.510 e. The standard InChI is InChI=1S/C7H14O7/c1-2-5(8)13-4-3-7(11,12)14-6(9)10/h5,8,11-12H,2-4H2,1H3,(H,9,10). The second-order valence-electron chi connectivity index (χ2n) is 2.59. The normalized spacial score (nSPS) is 13.7. The summed E-state index contributed by atoms with van der Waals surface area (Å²) in [6.45, 7) is 1.44. The Morgan fingerprint density at radius 2 is 2.07 bits per heavy atom. The fourth-order valence-electron chi connectivity index (χ4n) is 0.637. The predicted molar refractivity (Wildman–Crippen MR) is 43.1 cm³/mol. The molecule has 0 aromatic heterocycles. The lowest BCUT2D eigenvalue weighted by Crippen LogP contribution is -2.35. The molecule has 0 radical (unpaired) electrons. The van der Waals surface area contributed by atoms with Gasteiger partial charge in [-0.05, 0) is 6.42 Å². The van der Waals surface area contributed by atoms with Crippen LogP contribution in [0.4, 0.5) is 4.79 Å². The van der Waals surface area contributed by atoms with Gasteiger partial charge in [0.25, 0.3) is 0 Å². The Labute approximate surface area is 80.5 Å². The average molecular weight is 210 g/mol. The minimum Gasteiger partial charge on any atom is -0.450 e. The van der Waals surface area contributed by atoms with E-state index in [2.05, 4.69) is 9.47 Å². The van der Waals surface area contributed by atoms with Gasteiger partial charge in [-0.1, -0.05) is 6.92 Å². The van der Waals surface area contributed by atoms with Crippen LogP contribution in [0, 0.1) is 0 Å². The van der Waals surface area contributed by atoms with Gasteiger partial charge in [0, 0.05) is 0 Å². The fraction of sp³-hybridized carbons (Fsp3) is 0.857. The summed E-state index contributed by atoms with van der Waals surface area (Å²) < 4.78 is 8.39. The summed E-state index contributed by atoms with van der Waals surface area (Å²) in [6, 6.07) is 0. The highest BCUT2D eigenvalue weighted by atomic mass is 16.8. The quantitative estimate of drug-likeness (QED) is 0.343. The maximum absolute atomic E-state index is 9.94. The third kappa shape index (κ3) is 6.61. The minimum atomic E-state index is -2.78. The highest BCUT2D eigenvalue weighted by Gasteiger charge is 2.28. The predicted octanol–water partition coefficient (Wildman–Crippen LogP) is -0.546. The lowest BCUT2D eigenvalue weighted by atomic mass is 10.4. The third-order valence-corrected chi connectivity index (χ3v) is 1.34. The zero-order valence-electron chi connectivity index (χ0n) is 7.71. The lowest BCUT2D eigenvalue weighted by Gasteiger charge is -2.19. The van der Waals surface area contributed by atoms with Crippen LogP contribution in [-0.4, -0.2) is 45.5 Å². The molecule has 0 heterocycles. The molecule has 1 atom stereocenters. The van der Waals surface area contributed by atoms with Crippen LogP contribution in [0.2, 0.25) is 0 Å². The number of carbonyl (C=O) groups is 1. The van der Waals surface area contributed by atoms with E-state index in [9.17, 15) is 4.79 Å². The van der Waals surface area contributed by atoms with Gasteiger partial charge in [0.05, 0.1) is 13.0 Å². The molecule has 0 aromatic rings. The first-order valence-electron chi connectivity index (χ1n) is 4.03. The van der Waals surface area contributed by atoms with E-state index in [-0.39, 0.29) is 6.61 Å². The van der Waals surface area contributed by atoms with Crippen LogP contribution in [0.1, 0.15) is 19.8 Å². The van der Waals surface area contributed by atoms with Gasteiger partial charge in [-0.15, -0.1) is 0 Å². The first-order chi connectivity index (χ1) is 6.37. The average Bonchev–Trinajstić information content (AvgIpc) is 2.01. The molecule has 0 spiro atoms. The molecule has 0 rings (SSSR count). The van der Waals surface area contributed by atoms with E-state index >= 15 is 0 Å². The van der Waals surface area contributed by atoms with Crippen molar-refractivity contribution in [3.8, 4) is 0 Å². The molecule has 0 aliphatic heterocycles. The summed E-state index contributed by atoms with van der Waals surface area (Å²) >= 11 is 0. The third-order valence-electron chi connectivity index (χ3n) is 1.34. The highest BCUT2D eigenvalue weighted by molar-refractivity contribution is 5.57. The van der Waals surface area contributed by atoms with Crippen LogP contribution >= 0.6 is 0 Å². The molecule has 4 N–H and O–H groups in total. The van der Waals surface area contributed by atoms with E-state index in [1.54, 1.807) is 6.92 Å². The second-order valence-corrected chi connectivity index (χ2v) is 2.59. The minimum absolute atomic E-state index is 0.227. The number of aliphatic hydroxyl groups excluding tert-OH is 1. The van der Waals surface area contributed by atoms with Crippen molar-refractivity contribution in [3.05, 3.63) is 0 Å². The number of rotatable bonds is 6. The summed E-state index contributed by atoms with van der Waals surface area (Å²) in [5.74, 6) is -2.78. The largest absolute Gasteiger partial charge is 0.510 e. The van der Waals surface area contributed by atoms with Gasteiger partial charge in [0.2, 0.25) is 0 Å². The van der Waals surface area contributed by atoms with Gasteiger partial charge >= 0.3 is 12.1 Å². The van der Waals surface area contributed by atoms with Gasteiger partial charge < -0.3 is 29.9 Å². The number of hydrogen-bond donors (Lipinski definition) is 4. The van der Waals surface area contributed by atoms with Gasteiger partial charge in [-0.3, -0.25) is 0 Å². The Morgan fingerprint density at radius 1 is 1.50 bits per heavy atom. The van der Waals surface area contributed by atoms with Crippen LogP contribution in [-0.2, 0) is 9.47 Å². The van der Waals surface area contributed by atoms with Gasteiger partial charge in [-0.2, -0.15) is 0 Å². The van der Waals surface area contributed by atoms with Crippen LogP contribution in [0.3, 0.4) is 0 Å². The van der Waals surface area contributed by atoms with Crippen molar-refractivity contribution in [3.63, 3.8) is 0 Å². The molecular formula is C7H14O7. The highest BCUT2D eigenvalue weighted by Crippen LogP contribution is 2.09. The van der Waals surface area contributed by atoms with Gasteiger partial charge in [0.1, 0.15) is 0 Å². The monoisotopic (exact) mass is 210 g/mol. The molecule has 84 valence electrons. The molecule has 0 saturated carbocycles. The second kappa shape index (κ2) is 5.76. The summed E-state index contributed by atoms with van der Waals surface area (Å²) in [7, 11) is 0. The van der Waals surface area contributed by atoms with Crippen molar-refractivity contribution >= 4 is 6.16 Å². The molecule has 0 saturated heterocycles. The molecule has 1 unspecified atom stereocenters. The zero-order valence-corrected chi connectivity index (χ0v) is 7.71. The maximum atomic E-state index is 9.94. The van der Waals surface area contributed by atoms with Crippen molar-refractivity contribution in [1.29, 1.82) is 0 Å². The molecule has 14 heavy (non-hydrogen) atoms. The van der Waals surface area contributed by atoms with Crippen LogP contribution in [0.25, 0.3) is 0 Å². The van der Waals surface area contributed by atoms with E-state index in [0.717, 1.165) is 0 Å². The Hall–Kier alpha value is -0.890. The molecule has 0 fully saturated rings. The van der Waals surface area contributed by atoms with Crippen LogP contribution < -0.4 is 0 Å². The van der Waals surface area contributed by atoms with Gasteiger partial charge in [-0.25, -0.2) is 4.79 Å². The Balaban J connectivity index is 3.70. The summed E-state index contributed by atoms with van der Waals surface area (Å²) in [5, 5.41) is 34.7.